The molecule has 2 atom stereocenters. The molecule has 0 spiro atoms. The van der Waals surface area contributed by atoms with Crippen molar-refractivity contribution in [2.45, 2.75) is 71.1 Å². The van der Waals surface area contributed by atoms with Crippen LogP contribution in [0.4, 0.5) is 0 Å². The molecule has 0 radical (unpaired) electrons. The SMILES string of the molecule is CCCCC1CCc2c([nH]c3ccccc23)C1CCCC. The van der Waals surface area contributed by atoms with Gasteiger partial charge in [-0.1, -0.05) is 57.7 Å². The minimum absolute atomic E-state index is 0.771. The van der Waals surface area contributed by atoms with Gasteiger partial charge in [-0.25, -0.2) is 0 Å². The largest absolute Gasteiger partial charge is 0.358 e. The molecule has 1 aliphatic carbocycles. The first-order chi connectivity index (χ1) is 10.3. The number of para-hydroxylation sites is 1. The van der Waals surface area contributed by atoms with Crippen molar-refractivity contribution in [3.8, 4) is 0 Å². The Morgan fingerprint density at radius 3 is 2.62 bits per heavy atom. The molecule has 1 aromatic carbocycles. The molecule has 1 heteroatoms. The second kappa shape index (κ2) is 6.68. The summed E-state index contributed by atoms with van der Waals surface area (Å²) in [7, 11) is 0. The van der Waals surface area contributed by atoms with Crippen molar-refractivity contribution in [3.05, 3.63) is 35.5 Å². The van der Waals surface area contributed by atoms with Crippen LogP contribution < -0.4 is 0 Å². The fourth-order valence-electron chi connectivity index (χ4n) is 4.19. The molecular weight excluding hydrogens is 254 g/mol. The molecule has 0 saturated carbocycles. The number of benzene rings is 1. The lowest BCUT2D eigenvalue weighted by atomic mass is 9.73. The van der Waals surface area contributed by atoms with Gasteiger partial charge in [0.15, 0.2) is 0 Å². The smallest absolute Gasteiger partial charge is 0.0459 e. The zero-order chi connectivity index (χ0) is 14.7. The third-order valence-electron chi connectivity index (χ3n) is 5.35. The number of aromatic nitrogens is 1. The van der Waals surface area contributed by atoms with Crippen LogP contribution in [0.15, 0.2) is 24.3 Å². The Morgan fingerprint density at radius 1 is 1.05 bits per heavy atom. The number of fused-ring (bicyclic) bond motifs is 3. The van der Waals surface area contributed by atoms with Gasteiger partial charge in [0.2, 0.25) is 0 Å². The summed E-state index contributed by atoms with van der Waals surface area (Å²) in [6.45, 7) is 4.63. The number of hydrogen-bond acceptors (Lipinski definition) is 0. The van der Waals surface area contributed by atoms with Gasteiger partial charge in [-0.05, 0) is 43.2 Å². The molecule has 3 rings (SSSR count). The van der Waals surface area contributed by atoms with Crippen molar-refractivity contribution in [1.82, 2.24) is 4.98 Å². The highest BCUT2D eigenvalue weighted by Crippen LogP contribution is 2.43. The summed E-state index contributed by atoms with van der Waals surface area (Å²) in [4.78, 5) is 3.78. The van der Waals surface area contributed by atoms with Gasteiger partial charge in [-0.2, -0.15) is 0 Å². The molecule has 1 heterocycles. The normalized spacial score (nSPS) is 21.6. The second-order valence-electron chi connectivity index (χ2n) is 6.75. The highest BCUT2D eigenvalue weighted by atomic mass is 14.7. The van der Waals surface area contributed by atoms with E-state index < -0.39 is 0 Å². The monoisotopic (exact) mass is 283 g/mol. The number of hydrogen-bond donors (Lipinski definition) is 1. The average Bonchev–Trinajstić information content (AvgIpc) is 2.90. The summed E-state index contributed by atoms with van der Waals surface area (Å²) in [5.41, 5.74) is 4.55. The predicted molar refractivity (Wildman–Crippen MR) is 91.9 cm³/mol. The van der Waals surface area contributed by atoms with E-state index in [9.17, 15) is 0 Å². The van der Waals surface area contributed by atoms with Crippen LogP contribution in [0.25, 0.3) is 10.9 Å². The van der Waals surface area contributed by atoms with Gasteiger partial charge < -0.3 is 4.98 Å². The molecule has 0 fully saturated rings. The van der Waals surface area contributed by atoms with Crippen LogP contribution >= 0.6 is 0 Å². The van der Waals surface area contributed by atoms with Crippen LogP contribution in [-0.2, 0) is 6.42 Å². The van der Waals surface area contributed by atoms with E-state index >= 15 is 0 Å². The molecule has 1 N–H and O–H groups in total. The molecule has 2 unspecified atom stereocenters. The van der Waals surface area contributed by atoms with Crippen molar-refractivity contribution < 1.29 is 0 Å². The Kier molecular flexibility index (Phi) is 4.67. The summed E-state index contributed by atoms with van der Waals surface area (Å²) in [6.07, 6.45) is 10.8. The van der Waals surface area contributed by atoms with Crippen molar-refractivity contribution in [3.63, 3.8) is 0 Å². The fourth-order valence-corrected chi connectivity index (χ4v) is 4.19. The average molecular weight is 283 g/mol. The van der Waals surface area contributed by atoms with Crippen molar-refractivity contribution in [2.75, 3.05) is 0 Å². The molecular formula is C20H29N. The van der Waals surface area contributed by atoms with Crippen LogP contribution in [0.3, 0.4) is 0 Å². The van der Waals surface area contributed by atoms with Gasteiger partial charge in [0.25, 0.3) is 0 Å². The molecule has 0 amide bonds. The molecule has 114 valence electrons. The summed E-state index contributed by atoms with van der Waals surface area (Å²) in [5.74, 6) is 1.67. The van der Waals surface area contributed by atoms with Crippen molar-refractivity contribution >= 4 is 10.9 Å². The maximum Gasteiger partial charge on any atom is 0.0459 e. The maximum absolute atomic E-state index is 3.78. The minimum atomic E-state index is 0.771. The second-order valence-corrected chi connectivity index (χ2v) is 6.75. The maximum atomic E-state index is 3.78. The number of aryl methyl sites for hydroxylation is 1. The van der Waals surface area contributed by atoms with Gasteiger partial charge in [-0.3, -0.25) is 0 Å². The predicted octanol–water partition coefficient (Wildman–Crippen LogP) is 6.19. The molecule has 0 bridgehead atoms. The number of rotatable bonds is 6. The molecule has 1 aromatic heterocycles. The van der Waals surface area contributed by atoms with Gasteiger partial charge in [0, 0.05) is 22.5 Å². The van der Waals surface area contributed by atoms with E-state index in [1.807, 2.05) is 0 Å². The fraction of sp³-hybridized carbons (Fsp3) is 0.600. The zero-order valence-corrected chi connectivity index (χ0v) is 13.6. The van der Waals surface area contributed by atoms with E-state index in [1.165, 1.54) is 62.3 Å². The Hall–Kier alpha value is -1.24. The van der Waals surface area contributed by atoms with Crippen LogP contribution in [0, 0.1) is 5.92 Å². The number of nitrogens with one attached hydrogen (secondary N) is 1. The first kappa shape index (κ1) is 14.7. The van der Waals surface area contributed by atoms with Crippen molar-refractivity contribution in [2.24, 2.45) is 5.92 Å². The first-order valence-corrected chi connectivity index (χ1v) is 8.94. The highest BCUT2D eigenvalue weighted by molar-refractivity contribution is 5.85. The van der Waals surface area contributed by atoms with Crippen LogP contribution in [-0.4, -0.2) is 4.98 Å². The summed E-state index contributed by atoms with van der Waals surface area (Å²) in [6, 6.07) is 8.88. The molecule has 2 aromatic rings. The van der Waals surface area contributed by atoms with Crippen LogP contribution in [0.2, 0.25) is 0 Å². The summed E-state index contributed by atoms with van der Waals surface area (Å²) < 4.78 is 0. The van der Waals surface area contributed by atoms with Gasteiger partial charge in [-0.15, -0.1) is 0 Å². The number of aromatic amines is 1. The molecule has 1 nitrogen and oxygen atoms in total. The lowest BCUT2D eigenvalue weighted by Gasteiger charge is -2.32. The summed E-state index contributed by atoms with van der Waals surface area (Å²) in [5, 5.41) is 1.47. The number of H-pyrrole nitrogens is 1. The zero-order valence-electron chi connectivity index (χ0n) is 13.6. The van der Waals surface area contributed by atoms with E-state index in [4.69, 9.17) is 0 Å². The van der Waals surface area contributed by atoms with E-state index in [0.29, 0.717) is 0 Å². The van der Waals surface area contributed by atoms with Crippen LogP contribution in [0.1, 0.15) is 76.0 Å². The van der Waals surface area contributed by atoms with Gasteiger partial charge >= 0.3 is 0 Å². The topological polar surface area (TPSA) is 15.8 Å². The molecule has 0 aliphatic heterocycles. The van der Waals surface area contributed by atoms with E-state index in [0.717, 1.165) is 11.8 Å². The molecule has 21 heavy (non-hydrogen) atoms. The van der Waals surface area contributed by atoms with Gasteiger partial charge in [0.1, 0.15) is 0 Å². The lowest BCUT2D eigenvalue weighted by molar-refractivity contribution is 0.317. The Morgan fingerprint density at radius 2 is 1.81 bits per heavy atom. The first-order valence-electron chi connectivity index (χ1n) is 8.94. The Balaban J connectivity index is 1.94. The minimum Gasteiger partial charge on any atom is -0.358 e. The van der Waals surface area contributed by atoms with E-state index in [2.05, 4.69) is 43.1 Å². The standard InChI is InChI=1S/C20H29N/c1-3-5-9-15-13-14-18-17-11-7-8-12-19(17)21-20(18)16(15)10-6-4-2/h7-8,11-12,15-16,21H,3-6,9-10,13-14H2,1-2H3. The third-order valence-corrected chi connectivity index (χ3v) is 5.35. The lowest BCUT2D eigenvalue weighted by Crippen LogP contribution is -2.20. The van der Waals surface area contributed by atoms with E-state index in [1.54, 1.807) is 11.3 Å². The van der Waals surface area contributed by atoms with Crippen molar-refractivity contribution in [1.29, 1.82) is 0 Å². The van der Waals surface area contributed by atoms with E-state index in [-0.39, 0.29) is 0 Å². The van der Waals surface area contributed by atoms with Gasteiger partial charge in [0.05, 0.1) is 0 Å². The molecule has 0 saturated heterocycles. The Labute approximate surface area is 129 Å². The Bertz CT molecular complexity index is 581. The third kappa shape index (κ3) is 2.88. The quantitative estimate of drug-likeness (QED) is 0.650. The highest BCUT2D eigenvalue weighted by Gasteiger charge is 2.31. The van der Waals surface area contributed by atoms with Crippen LogP contribution in [0.5, 0.6) is 0 Å². The summed E-state index contributed by atoms with van der Waals surface area (Å²) >= 11 is 0. The number of unbranched alkanes of at least 4 members (excludes halogenated alkanes) is 2. The molecule has 1 aliphatic rings.